The summed E-state index contributed by atoms with van der Waals surface area (Å²) < 4.78 is 15.2. The number of rotatable bonds is 3. The maximum Gasteiger partial charge on any atom is 0.188 e. The molecule has 0 aliphatic carbocycles. The number of hydrogen-bond donors (Lipinski definition) is 0. The molecule has 94 valence electrons. The number of ketones is 1. The first-order chi connectivity index (χ1) is 8.50. The predicted octanol–water partition coefficient (Wildman–Crippen LogP) is 2.80. The number of halogens is 3. The Labute approximate surface area is 116 Å². The Bertz CT molecular complexity index is 575. The van der Waals surface area contributed by atoms with E-state index in [2.05, 4.69) is 26.2 Å². The lowest BCUT2D eigenvalue weighted by Gasteiger charge is -2.05. The molecule has 0 bridgehead atoms. The lowest BCUT2D eigenvalue weighted by Crippen LogP contribution is -2.11. The van der Waals surface area contributed by atoms with Gasteiger partial charge >= 0.3 is 0 Å². The molecule has 1 aromatic carbocycles. The number of hydrogen-bond acceptors (Lipinski definition) is 3. The van der Waals surface area contributed by atoms with Crippen molar-refractivity contribution < 1.29 is 9.18 Å². The molecule has 1 heterocycles. The summed E-state index contributed by atoms with van der Waals surface area (Å²) in [5.74, 6) is -0.802. The first kappa shape index (κ1) is 13.2. The average molecular weight is 333 g/mol. The van der Waals surface area contributed by atoms with E-state index in [9.17, 15) is 9.18 Å². The van der Waals surface area contributed by atoms with Crippen molar-refractivity contribution in [3.05, 3.63) is 44.9 Å². The molecule has 0 N–H and O–H groups in total. The highest BCUT2D eigenvalue weighted by molar-refractivity contribution is 9.10. The molecule has 1 aromatic heterocycles. The molecule has 0 spiro atoms. The Balaban J connectivity index is 2.33. The van der Waals surface area contributed by atoms with Crippen LogP contribution in [0.1, 0.15) is 16.1 Å². The van der Waals surface area contributed by atoms with E-state index in [0.717, 1.165) is 0 Å². The lowest BCUT2D eigenvalue weighted by atomic mass is 10.1. The summed E-state index contributed by atoms with van der Waals surface area (Å²) >= 11 is 9.00. The summed E-state index contributed by atoms with van der Waals surface area (Å²) in [5, 5.41) is 7.63. The summed E-state index contributed by atoms with van der Waals surface area (Å²) in [6.07, 6.45) is -0.134. The Hall–Kier alpha value is -1.27. The largest absolute Gasteiger partial charge is 0.292 e. The number of aromatic nitrogens is 3. The maximum absolute atomic E-state index is 13.6. The van der Waals surface area contributed by atoms with Crippen LogP contribution in [-0.2, 0) is 13.5 Å². The zero-order chi connectivity index (χ0) is 13.3. The second-order valence-electron chi connectivity index (χ2n) is 3.65. The van der Waals surface area contributed by atoms with Gasteiger partial charge in [0.15, 0.2) is 10.4 Å². The van der Waals surface area contributed by atoms with Crippen LogP contribution in [0.4, 0.5) is 4.39 Å². The van der Waals surface area contributed by atoms with Crippen molar-refractivity contribution in [2.24, 2.45) is 7.05 Å². The van der Waals surface area contributed by atoms with Crippen molar-refractivity contribution in [3.63, 3.8) is 0 Å². The fourth-order valence-electron chi connectivity index (χ4n) is 1.57. The molecule has 0 unspecified atom stereocenters. The Kier molecular flexibility index (Phi) is 3.77. The number of Topliss-reactive ketones (excluding diaryl/α,β-unsaturated/α-hetero) is 1. The van der Waals surface area contributed by atoms with E-state index in [1.54, 1.807) is 13.1 Å². The van der Waals surface area contributed by atoms with Crippen LogP contribution in [0.15, 0.2) is 22.8 Å². The summed E-state index contributed by atoms with van der Waals surface area (Å²) in [5.41, 5.74) is 0.464. The molecule has 0 aliphatic rings. The number of aryl methyl sites for hydroxylation is 1. The van der Waals surface area contributed by atoms with Crippen molar-refractivity contribution >= 4 is 33.3 Å². The first-order valence-corrected chi connectivity index (χ1v) is 6.19. The highest BCUT2D eigenvalue weighted by atomic mass is 79.9. The topological polar surface area (TPSA) is 47.8 Å². The summed E-state index contributed by atoms with van der Waals surface area (Å²) in [7, 11) is 1.59. The SMILES string of the molecule is Cn1nnc(Br)c1C(=O)Cc1c(F)cccc1Cl. The van der Waals surface area contributed by atoms with Gasteiger partial charge in [0, 0.05) is 24.1 Å². The van der Waals surface area contributed by atoms with Crippen LogP contribution >= 0.6 is 27.5 Å². The van der Waals surface area contributed by atoms with Gasteiger partial charge in [-0.05, 0) is 28.1 Å². The standard InChI is InChI=1S/C11H8BrClFN3O/c1-17-10(11(12)15-16-17)9(18)5-6-7(13)3-2-4-8(6)14/h2-4H,5H2,1H3. The highest BCUT2D eigenvalue weighted by Crippen LogP contribution is 2.22. The number of carbonyl (C=O) groups is 1. The molecule has 2 aromatic rings. The van der Waals surface area contributed by atoms with Gasteiger partial charge in [-0.3, -0.25) is 4.79 Å². The van der Waals surface area contributed by atoms with Crippen molar-refractivity contribution in [2.75, 3.05) is 0 Å². The Morgan fingerprint density at radius 1 is 1.56 bits per heavy atom. The third-order valence-corrected chi connectivity index (χ3v) is 3.34. The fourth-order valence-corrected chi connectivity index (χ4v) is 2.35. The molecule has 0 radical (unpaired) electrons. The quantitative estimate of drug-likeness (QED) is 0.812. The molecule has 0 atom stereocenters. The number of nitrogens with zero attached hydrogens (tertiary/aromatic N) is 3. The van der Waals surface area contributed by atoms with E-state index >= 15 is 0 Å². The lowest BCUT2D eigenvalue weighted by molar-refractivity contribution is 0.0982. The van der Waals surface area contributed by atoms with E-state index < -0.39 is 5.82 Å². The summed E-state index contributed by atoms with van der Waals surface area (Å²) in [4.78, 5) is 12.1. The van der Waals surface area contributed by atoms with Crippen LogP contribution in [-0.4, -0.2) is 20.8 Å². The van der Waals surface area contributed by atoms with Gasteiger partial charge in [0.25, 0.3) is 0 Å². The van der Waals surface area contributed by atoms with E-state index in [1.165, 1.54) is 16.8 Å². The maximum atomic E-state index is 13.6. The van der Waals surface area contributed by atoms with Gasteiger partial charge in [0.05, 0.1) is 0 Å². The summed E-state index contributed by atoms with van der Waals surface area (Å²) in [6, 6.07) is 4.31. The average Bonchev–Trinajstić information content (AvgIpc) is 2.64. The van der Waals surface area contributed by atoms with Crippen LogP contribution < -0.4 is 0 Å². The minimum Gasteiger partial charge on any atom is -0.292 e. The smallest absolute Gasteiger partial charge is 0.188 e. The van der Waals surface area contributed by atoms with Crippen molar-refractivity contribution in [2.45, 2.75) is 6.42 Å². The van der Waals surface area contributed by atoms with Gasteiger partial charge in [0.2, 0.25) is 0 Å². The number of carbonyl (C=O) groups excluding carboxylic acids is 1. The van der Waals surface area contributed by atoms with Gasteiger partial charge in [-0.25, -0.2) is 9.07 Å². The molecule has 0 aliphatic heterocycles. The molecule has 7 heteroatoms. The molecular formula is C11H8BrClFN3O. The second-order valence-corrected chi connectivity index (χ2v) is 4.81. The normalized spacial score (nSPS) is 10.7. The fraction of sp³-hybridized carbons (Fsp3) is 0.182. The molecule has 0 saturated heterocycles. The molecule has 18 heavy (non-hydrogen) atoms. The van der Waals surface area contributed by atoms with Gasteiger partial charge in [-0.2, -0.15) is 0 Å². The Morgan fingerprint density at radius 2 is 2.28 bits per heavy atom. The van der Waals surface area contributed by atoms with Crippen LogP contribution in [0.5, 0.6) is 0 Å². The molecule has 4 nitrogen and oxygen atoms in total. The Morgan fingerprint density at radius 3 is 2.83 bits per heavy atom. The molecule has 0 saturated carbocycles. The molecule has 0 fully saturated rings. The van der Waals surface area contributed by atoms with Crippen molar-refractivity contribution in [1.29, 1.82) is 0 Å². The third-order valence-electron chi connectivity index (χ3n) is 2.45. The van der Waals surface area contributed by atoms with Crippen LogP contribution in [0.2, 0.25) is 5.02 Å². The van der Waals surface area contributed by atoms with Gasteiger partial charge in [0.1, 0.15) is 11.5 Å². The third kappa shape index (κ3) is 2.44. The van der Waals surface area contributed by atoms with Gasteiger partial charge in [-0.15, -0.1) is 5.10 Å². The van der Waals surface area contributed by atoms with Gasteiger partial charge < -0.3 is 0 Å². The van der Waals surface area contributed by atoms with Crippen LogP contribution in [0, 0.1) is 5.82 Å². The zero-order valence-electron chi connectivity index (χ0n) is 9.32. The number of benzene rings is 1. The minimum atomic E-state index is -0.498. The monoisotopic (exact) mass is 331 g/mol. The minimum absolute atomic E-state index is 0.134. The van der Waals surface area contributed by atoms with Gasteiger partial charge in [-0.1, -0.05) is 22.9 Å². The van der Waals surface area contributed by atoms with Crippen LogP contribution in [0.3, 0.4) is 0 Å². The van der Waals surface area contributed by atoms with Crippen molar-refractivity contribution in [3.8, 4) is 0 Å². The molecular weight excluding hydrogens is 324 g/mol. The van der Waals surface area contributed by atoms with E-state index in [-0.39, 0.29) is 28.5 Å². The van der Waals surface area contributed by atoms with Crippen LogP contribution in [0.25, 0.3) is 0 Å². The zero-order valence-corrected chi connectivity index (χ0v) is 11.7. The highest BCUT2D eigenvalue weighted by Gasteiger charge is 2.19. The second kappa shape index (κ2) is 5.16. The predicted molar refractivity (Wildman–Crippen MR) is 68.1 cm³/mol. The molecule has 2 rings (SSSR count). The summed E-state index contributed by atoms with van der Waals surface area (Å²) in [6.45, 7) is 0. The first-order valence-electron chi connectivity index (χ1n) is 5.02. The van der Waals surface area contributed by atoms with E-state index in [4.69, 9.17) is 11.6 Å². The molecule has 0 amide bonds. The van der Waals surface area contributed by atoms with Crippen molar-refractivity contribution in [1.82, 2.24) is 15.0 Å². The van der Waals surface area contributed by atoms with E-state index in [0.29, 0.717) is 4.60 Å². The van der Waals surface area contributed by atoms with E-state index in [1.807, 2.05) is 0 Å².